The number of nitrogens with one attached hydrogen (secondary N) is 2. The summed E-state index contributed by atoms with van der Waals surface area (Å²) in [6.45, 7) is 3.08. The van der Waals surface area contributed by atoms with Gasteiger partial charge < -0.3 is 15.5 Å². The van der Waals surface area contributed by atoms with Crippen molar-refractivity contribution in [3.05, 3.63) is 65.2 Å². The van der Waals surface area contributed by atoms with Crippen molar-refractivity contribution in [3.63, 3.8) is 0 Å². The zero-order valence-electron chi connectivity index (χ0n) is 17.3. The number of aromatic nitrogens is 2. The van der Waals surface area contributed by atoms with Gasteiger partial charge in [-0.25, -0.2) is 9.78 Å². The first-order chi connectivity index (χ1) is 15.1. The number of likely N-dealkylation sites (tertiary alicyclic amines) is 1. The van der Waals surface area contributed by atoms with Gasteiger partial charge in [-0.3, -0.25) is 9.78 Å². The van der Waals surface area contributed by atoms with Crippen LogP contribution in [0.15, 0.2) is 60.2 Å². The number of urea groups is 1. The van der Waals surface area contributed by atoms with Crippen LogP contribution < -0.4 is 10.6 Å². The number of anilines is 1. The fourth-order valence-electron chi connectivity index (χ4n) is 3.60. The molecule has 3 amide bonds. The number of hydrogen-bond donors (Lipinski definition) is 2. The van der Waals surface area contributed by atoms with E-state index in [0.29, 0.717) is 25.9 Å². The quantitative estimate of drug-likeness (QED) is 0.625. The second-order valence-electron chi connectivity index (χ2n) is 7.59. The first-order valence-electron chi connectivity index (χ1n) is 10.4. The van der Waals surface area contributed by atoms with Gasteiger partial charge in [-0.2, -0.15) is 0 Å². The molecule has 7 nitrogen and oxygen atoms in total. The highest BCUT2D eigenvalue weighted by molar-refractivity contribution is 7.10. The van der Waals surface area contributed by atoms with Crippen LogP contribution in [0, 0.1) is 5.92 Å². The minimum atomic E-state index is -0.160. The van der Waals surface area contributed by atoms with Crippen LogP contribution in [0.1, 0.15) is 30.8 Å². The largest absolute Gasteiger partial charge is 0.347 e. The molecule has 1 aliphatic heterocycles. The van der Waals surface area contributed by atoms with Gasteiger partial charge in [0.2, 0.25) is 5.91 Å². The molecule has 2 N–H and O–H groups in total. The molecule has 0 radical (unpaired) electrons. The van der Waals surface area contributed by atoms with Crippen LogP contribution in [-0.4, -0.2) is 39.9 Å². The number of nitrogens with zero attached hydrogens (tertiary/aromatic N) is 3. The Bertz CT molecular complexity index is 1020. The van der Waals surface area contributed by atoms with E-state index in [4.69, 9.17) is 0 Å². The summed E-state index contributed by atoms with van der Waals surface area (Å²) in [6, 6.07) is 13.0. The Hall–Kier alpha value is -3.26. The Morgan fingerprint density at radius 1 is 1.10 bits per heavy atom. The minimum Gasteiger partial charge on any atom is -0.347 e. The molecule has 1 aromatic carbocycles. The number of carbonyl (C=O) groups is 2. The summed E-state index contributed by atoms with van der Waals surface area (Å²) < 4.78 is 0. The number of amides is 3. The van der Waals surface area contributed by atoms with E-state index < -0.39 is 0 Å². The topological polar surface area (TPSA) is 87.2 Å². The van der Waals surface area contributed by atoms with E-state index in [1.165, 1.54) is 11.3 Å². The normalized spacial score (nSPS) is 15.3. The molecule has 1 unspecified atom stereocenters. The molecule has 1 atom stereocenters. The molecule has 31 heavy (non-hydrogen) atoms. The van der Waals surface area contributed by atoms with Crippen LogP contribution in [0.25, 0.3) is 11.3 Å². The third-order valence-electron chi connectivity index (χ3n) is 5.41. The van der Waals surface area contributed by atoms with E-state index >= 15 is 0 Å². The predicted octanol–water partition coefficient (Wildman–Crippen LogP) is 4.33. The smallest absolute Gasteiger partial charge is 0.321 e. The summed E-state index contributed by atoms with van der Waals surface area (Å²) in [5, 5.41) is 8.87. The number of para-hydroxylation sites is 1. The fourth-order valence-corrected chi connectivity index (χ4v) is 4.44. The summed E-state index contributed by atoms with van der Waals surface area (Å²) >= 11 is 1.54. The van der Waals surface area contributed by atoms with Crippen molar-refractivity contribution >= 4 is 29.0 Å². The van der Waals surface area contributed by atoms with Crippen LogP contribution in [-0.2, 0) is 4.79 Å². The van der Waals surface area contributed by atoms with Crippen molar-refractivity contribution in [2.75, 3.05) is 18.4 Å². The SMILES string of the molecule is CC(NC(=O)C1CCN(C(=O)Nc2ccccc2)CC1)c1nc(-c2ccncc2)cs1. The lowest BCUT2D eigenvalue weighted by Gasteiger charge is -2.31. The first-order valence-corrected chi connectivity index (χ1v) is 11.3. The lowest BCUT2D eigenvalue weighted by molar-refractivity contribution is -0.126. The number of carbonyl (C=O) groups excluding carboxylic acids is 2. The summed E-state index contributed by atoms with van der Waals surface area (Å²) in [5.74, 6) is -0.0702. The fraction of sp³-hybridized carbons (Fsp3) is 0.304. The molecule has 2 aromatic heterocycles. The van der Waals surface area contributed by atoms with E-state index in [1.54, 1.807) is 17.3 Å². The molecule has 0 spiro atoms. The Morgan fingerprint density at radius 2 is 1.81 bits per heavy atom. The zero-order valence-corrected chi connectivity index (χ0v) is 18.1. The van der Waals surface area contributed by atoms with Crippen molar-refractivity contribution in [1.82, 2.24) is 20.2 Å². The molecular weight excluding hydrogens is 410 g/mol. The summed E-state index contributed by atoms with van der Waals surface area (Å²) in [6.07, 6.45) is 4.79. The lowest BCUT2D eigenvalue weighted by atomic mass is 9.96. The van der Waals surface area contributed by atoms with Crippen LogP contribution in [0.3, 0.4) is 0 Å². The van der Waals surface area contributed by atoms with Crippen molar-refractivity contribution in [1.29, 1.82) is 0 Å². The molecular formula is C23H25N5O2S. The van der Waals surface area contributed by atoms with E-state index in [-0.39, 0.29) is 23.9 Å². The van der Waals surface area contributed by atoms with Crippen molar-refractivity contribution in [3.8, 4) is 11.3 Å². The van der Waals surface area contributed by atoms with Gasteiger partial charge in [0.25, 0.3) is 0 Å². The number of hydrogen-bond acceptors (Lipinski definition) is 5. The molecule has 1 fully saturated rings. The Balaban J connectivity index is 1.27. The molecule has 3 heterocycles. The number of thiazole rings is 1. The highest BCUT2D eigenvalue weighted by atomic mass is 32.1. The van der Waals surface area contributed by atoms with Crippen LogP contribution in [0.2, 0.25) is 0 Å². The Labute approximate surface area is 185 Å². The van der Waals surface area contributed by atoms with E-state index in [9.17, 15) is 9.59 Å². The van der Waals surface area contributed by atoms with Gasteiger partial charge in [0.05, 0.1) is 11.7 Å². The number of piperidine rings is 1. The monoisotopic (exact) mass is 435 g/mol. The standard InChI is InChI=1S/C23H25N5O2S/c1-16(22-27-20(15-31-22)17-7-11-24-12-8-17)25-21(29)18-9-13-28(14-10-18)23(30)26-19-5-3-2-4-6-19/h2-8,11-12,15-16,18H,9-10,13-14H2,1H3,(H,25,29)(H,26,30). The molecule has 3 aromatic rings. The Morgan fingerprint density at radius 3 is 2.52 bits per heavy atom. The van der Waals surface area contributed by atoms with E-state index in [1.807, 2.05) is 54.8 Å². The maximum atomic E-state index is 12.8. The lowest BCUT2D eigenvalue weighted by Crippen LogP contribution is -2.44. The Kier molecular flexibility index (Phi) is 6.57. The highest BCUT2D eigenvalue weighted by Crippen LogP contribution is 2.26. The molecule has 8 heteroatoms. The summed E-state index contributed by atoms with van der Waals surface area (Å²) in [5.41, 5.74) is 2.68. The molecule has 0 saturated carbocycles. The van der Waals surface area contributed by atoms with Crippen molar-refractivity contribution in [2.24, 2.45) is 5.92 Å². The van der Waals surface area contributed by atoms with Gasteiger partial charge in [-0.1, -0.05) is 18.2 Å². The predicted molar refractivity (Wildman–Crippen MR) is 122 cm³/mol. The maximum Gasteiger partial charge on any atom is 0.321 e. The minimum absolute atomic E-state index is 0.0243. The summed E-state index contributed by atoms with van der Waals surface area (Å²) in [7, 11) is 0. The van der Waals surface area contributed by atoms with Gasteiger partial charge in [0.1, 0.15) is 5.01 Å². The average molecular weight is 436 g/mol. The van der Waals surface area contributed by atoms with Gasteiger partial charge in [-0.05, 0) is 44.0 Å². The van der Waals surface area contributed by atoms with Crippen LogP contribution >= 0.6 is 11.3 Å². The van der Waals surface area contributed by atoms with Crippen molar-refractivity contribution in [2.45, 2.75) is 25.8 Å². The molecule has 0 bridgehead atoms. The summed E-state index contributed by atoms with van der Waals surface area (Å²) in [4.78, 5) is 35.7. The van der Waals surface area contributed by atoms with Crippen LogP contribution in [0.5, 0.6) is 0 Å². The van der Waals surface area contributed by atoms with Crippen LogP contribution in [0.4, 0.5) is 10.5 Å². The molecule has 1 saturated heterocycles. The second kappa shape index (κ2) is 9.70. The number of rotatable bonds is 5. The number of benzene rings is 1. The second-order valence-corrected chi connectivity index (χ2v) is 8.48. The third-order valence-corrected chi connectivity index (χ3v) is 6.43. The first kappa shape index (κ1) is 21.0. The van der Waals surface area contributed by atoms with Gasteiger partial charge >= 0.3 is 6.03 Å². The van der Waals surface area contributed by atoms with Gasteiger partial charge in [0, 0.05) is 48.0 Å². The molecule has 1 aliphatic rings. The number of pyridine rings is 1. The maximum absolute atomic E-state index is 12.8. The third kappa shape index (κ3) is 5.27. The van der Waals surface area contributed by atoms with E-state index in [0.717, 1.165) is 22.0 Å². The molecule has 0 aliphatic carbocycles. The average Bonchev–Trinajstić information content (AvgIpc) is 3.31. The van der Waals surface area contributed by atoms with Gasteiger partial charge in [-0.15, -0.1) is 11.3 Å². The van der Waals surface area contributed by atoms with Crippen molar-refractivity contribution < 1.29 is 9.59 Å². The molecule has 160 valence electrons. The van der Waals surface area contributed by atoms with Gasteiger partial charge in [0.15, 0.2) is 0 Å². The van der Waals surface area contributed by atoms with E-state index in [2.05, 4.69) is 20.6 Å². The highest BCUT2D eigenvalue weighted by Gasteiger charge is 2.28. The molecule has 4 rings (SSSR count). The zero-order chi connectivity index (χ0) is 21.6.